The maximum Gasteiger partial charge on any atom is 0.0455 e. The van der Waals surface area contributed by atoms with E-state index in [2.05, 4.69) is 50.8 Å². The van der Waals surface area contributed by atoms with Crippen LogP contribution in [0.4, 0.5) is 0 Å². The van der Waals surface area contributed by atoms with Crippen LogP contribution in [-0.4, -0.2) is 19.6 Å². The van der Waals surface area contributed by atoms with Gasteiger partial charge in [-0.1, -0.05) is 34.1 Å². The smallest absolute Gasteiger partial charge is 0.0455 e. The van der Waals surface area contributed by atoms with E-state index >= 15 is 0 Å². The van der Waals surface area contributed by atoms with Gasteiger partial charge in [-0.25, -0.2) is 0 Å². The van der Waals surface area contributed by atoms with Gasteiger partial charge in [-0.2, -0.15) is 0 Å². The van der Waals surface area contributed by atoms with E-state index < -0.39 is 0 Å². The minimum Gasteiger partial charge on any atom is -0.312 e. The second kappa shape index (κ2) is 5.10. The Labute approximate surface area is 99.6 Å². The van der Waals surface area contributed by atoms with Crippen LogP contribution in [-0.2, 0) is 0 Å². The summed E-state index contributed by atoms with van der Waals surface area (Å²) >= 11 is 3.59. The third kappa shape index (κ3) is 3.03. The van der Waals surface area contributed by atoms with Crippen molar-refractivity contribution in [1.29, 1.82) is 0 Å². The summed E-state index contributed by atoms with van der Waals surface area (Å²) in [6.45, 7) is 1.00. The number of hydrogen-bond acceptors (Lipinski definition) is 2. The SMILES string of the molecule is CNC(CNC1CC1)c1ccccc1Br. The Balaban J connectivity index is 2.00. The van der Waals surface area contributed by atoms with Gasteiger partial charge in [0.25, 0.3) is 0 Å². The van der Waals surface area contributed by atoms with Gasteiger partial charge < -0.3 is 10.6 Å². The Morgan fingerprint density at radius 3 is 2.73 bits per heavy atom. The third-order valence-electron chi connectivity index (χ3n) is 2.82. The first kappa shape index (κ1) is 11.1. The van der Waals surface area contributed by atoms with E-state index in [0.717, 1.165) is 12.6 Å². The van der Waals surface area contributed by atoms with E-state index in [-0.39, 0.29) is 0 Å². The van der Waals surface area contributed by atoms with Crippen LogP contribution < -0.4 is 10.6 Å². The van der Waals surface area contributed by atoms with Gasteiger partial charge in [0.05, 0.1) is 0 Å². The van der Waals surface area contributed by atoms with Gasteiger partial charge in [-0.15, -0.1) is 0 Å². The Morgan fingerprint density at radius 1 is 1.40 bits per heavy atom. The van der Waals surface area contributed by atoms with Crippen molar-refractivity contribution in [3.63, 3.8) is 0 Å². The summed E-state index contributed by atoms with van der Waals surface area (Å²) in [6.07, 6.45) is 2.68. The molecule has 1 aliphatic carbocycles. The van der Waals surface area contributed by atoms with Crippen LogP contribution in [0.2, 0.25) is 0 Å². The molecule has 0 aromatic heterocycles. The van der Waals surface area contributed by atoms with E-state index in [1.54, 1.807) is 0 Å². The molecule has 3 heteroatoms. The van der Waals surface area contributed by atoms with Gasteiger partial charge >= 0.3 is 0 Å². The van der Waals surface area contributed by atoms with Crippen LogP contribution in [0.5, 0.6) is 0 Å². The fourth-order valence-corrected chi connectivity index (χ4v) is 2.26. The first-order chi connectivity index (χ1) is 7.31. The molecule has 0 amide bonds. The zero-order chi connectivity index (χ0) is 10.7. The number of rotatable bonds is 5. The van der Waals surface area contributed by atoms with E-state index in [0.29, 0.717) is 6.04 Å². The second-order valence-electron chi connectivity index (χ2n) is 4.05. The fraction of sp³-hybridized carbons (Fsp3) is 0.500. The first-order valence-corrected chi connectivity index (χ1v) is 6.25. The number of likely N-dealkylation sites (N-methyl/N-ethyl adjacent to an activating group) is 1. The summed E-state index contributed by atoms with van der Waals surface area (Å²) in [5, 5.41) is 6.90. The van der Waals surface area contributed by atoms with Crippen molar-refractivity contribution in [2.45, 2.75) is 24.9 Å². The topological polar surface area (TPSA) is 24.1 Å². The molecule has 1 aromatic carbocycles. The van der Waals surface area contributed by atoms with Gasteiger partial charge in [-0.3, -0.25) is 0 Å². The average Bonchev–Trinajstić information content (AvgIpc) is 3.05. The molecule has 82 valence electrons. The van der Waals surface area contributed by atoms with Crippen LogP contribution in [0.1, 0.15) is 24.4 Å². The molecule has 0 bridgehead atoms. The van der Waals surface area contributed by atoms with Crippen molar-refractivity contribution >= 4 is 15.9 Å². The van der Waals surface area contributed by atoms with Crippen molar-refractivity contribution < 1.29 is 0 Å². The molecule has 1 fully saturated rings. The van der Waals surface area contributed by atoms with Gasteiger partial charge in [-0.05, 0) is 31.5 Å². The molecule has 1 aromatic rings. The van der Waals surface area contributed by atoms with Crippen molar-refractivity contribution in [2.75, 3.05) is 13.6 Å². The molecule has 2 nitrogen and oxygen atoms in total. The van der Waals surface area contributed by atoms with Crippen LogP contribution >= 0.6 is 15.9 Å². The van der Waals surface area contributed by atoms with Gasteiger partial charge in [0.1, 0.15) is 0 Å². The maximum atomic E-state index is 3.59. The van der Waals surface area contributed by atoms with Gasteiger partial charge in [0, 0.05) is 23.1 Å². The summed E-state index contributed by atoms with van der Waals surface area (Å²) in [5.41, 5.74) is 1.33. The fourth-order valence-electron chi connectivity index (χ4n) is 1.70. The molecular weight excluding hydrogens is 252 g/mol. The molecular formula is C12H17BrN2. The molecule has 1 aliphatic rings. The Kier molecular flexibility index (Phi) is 3.78. The lowest BCUT2D eigenvalue weighted by molar-refractivity contribution is 0.524. The third-order valence-corrected chi connectivity index (χ3v) is 3.54. The summed E-state index contributed by atoms with van der Waals surface area (Å²) in [5.74, 6) is 0. The van der Waals surface area contributed by atoms with Gasteiger partial charge in [0.15, 0.2) is 0 Å². The van der Waals surface area contributed by atoms with E-state index in [1.165, 1.54) is 22.9 Å². The molecule has 0 aliphatic heterocycles. The molecule has 0 saturated heterocycles. The van der Waals surface area contributed by atoms with Crippen molar-refractivity contribution in [3.05, 3.63) is 34.3 Å². The quantitative estimate of drug-likeness (QED) is 0.858. The lowest BCUT2D eigenvalue weighted by Crippen LogP contribution is -2.30. The molecule has 15 heavy (non-hydrogen) atoms. The predicted molar refractivity (Wildman–Crippen MR) is 67.0 cm³/mol. The molecule has 1 saturated carbocycles. The second-order valence-corrected chi connectivity index (χ2v) is 4.90. The van der Waals surface area contributed by atoms with E-state index in [4.69, 9.17) is 0 Å². The number of halogens is 1. The summed E-state index contributed by atoms with van der Waals surface area (Å²) in [6, 6.07) is 9.55. The van der Waals surface area contributed by atoms with Crippen molar-refractivity contribution in [1.82, 2.24) is 10.6 Å². The highest BCUT2D eigenvalue weighted by molar-refractivity contribution is 9.10. The molecule has 0 radical (unpaired) electrons. The maximum absolute atomic E-state index is 3.59. The Bertz CT molecular complexity index is 323. The zero-order valence-electron chi connectivity index (χ0n) is 8.96. The van der Waals surface area contributed by atoms with Crippen molar-refractivity contribution in [3.8, 4) is 0 Å². The summed E-state index contributed by atoms with van der Waals surface area (Å²) < 4.78 is 1.18. The van der Waals surface area contributed by atoms with E-state index in [1.807, 2.05) is 7.05 Å². The van der Waals surface area contributed by atoms with Gasteiger partial charge in [0.2, 0.25) is 0 Å². The highest BCUT2D eigenvalue weighted by Gasteiger charge is 2.22. The number of nitrogens with one attached hydrogen (secondary N) is 2. The largest absolute Gasteiger partial charge is 0.312 e. The summed E-state index contributed by atoms with van der Waals surface area (Å²) in [7, 11) is 2.01. The number of hydrogen-bond donors (Lipinski definition) is 2. The molecule has 2 rings (SSSR count). The highest BCUT2D eigenvalue weighted by atomic mass is 79.9. The van der Waals surface area contributed by atoms with Crippen LogP contribution in [0.15, 0.2) is 28.7 Å². The molecule has 1 unspecified atom stereocenters. The zero-order valence-corrected chi connectivity index (χ0v) is 10.5. The first-order valence-electron chi connectivity index (χ1n) is 5.46. The van der Waals surface area contributed by atoms with E-state index in [9.17, 15) is 0 Å². The lowest BCUT2D eigenvalue weighted by Gasteiger charge is -2.18. The normalized spacial score (nSPS) is 17.7. The van der Waals surface area contributed by atoms with Crippen molar-refractivity contribution in [2.24, 2.45) is 0 Å². The lowest BCUT2D eigenvalue weighted by atomic mass is 10.1. The molecule has 0 spiro atoms. The van der Waals surface area contributed by atoms with Crippen LogP contribution in [0.3, 0.4) is 0 Å². The molecule has 1 atom stereocenters. The number of benzene rings is 1. The standard InChI is InChI=1S/C12H17BrN2/c1-14-12(8-15-9-6-7-9)10-4-2-3-5-11(10)13/h2-5,9,12,14-15H,6-8H2,1H3. The summed E-state index contributed by atoms with van der Waals surface area (Å²) in [4.78, 5) is 0. The van der Waals surface area contributed by atoms with Crippen LogP contribution in [0, 0.1) is 0 Å². The van der Waals surface area contributed by atoms with Crippen LogP contribution in [0.25, 0.3) is 0 Å². The molecule has 0 heterocycles. The predicted octanol–water partition coefficient (Wildman–Crippen LogP) is 2.46. The highest BCUT2D eigenvalue weighted by Crippen LogP contribution is 2.24. The average molecular weight is 269 g/mol. The minimum atomic E-state index is 0.390. The Hall–Kier alpha value is -0.380. The molecule has 2 N–H and O–H groups in total. The Morgan fingerprint density at radius 2 is 2.13 bits per heavy atom. The monoisotopic (exact) mass is 268 g/mol. The minimum absolute atomic E-state index is 0.390.